The second kappa shape index (κ2) is 7.92. The minimum absolute atomic E-state index is 0.334. The summed E-state index contributed by atoms with van der Waals surface area (Å²) in [6.45, 7) is 2.62. The molecule has 0 aliphatic carbocycles. The average molecular weight is 263 g/mol. The molecule has 0 spiro atoms. The molecule has 1 aromatic rings. The number of carbonyl (C=O) groups excluding carboxylic acids is 2. The van der Waals surface area contributed by atoms with E-state index in [2.05, 4.69) is 10.1 Å². The van der Waals surface area contributed by atoms with Crippen LogP contribution >= 0.6 is 0 Å². The fraction of sp³-hybridized carbons (Fsp3) is 0.286. The van der Waals surface area contributed by atoms with Gasteiger partial charge < -0.3 is 14.8 Å². The second-order valence-corrected chi connectivity index (χ2v) is 3.60. The number of benzene rings is 1. The molecule has 0 heterocycles. The summed E-state index contributed by atoms with van der Waals surface area (Å²) in [7, 11) is 1.33. The maximum Gasteiger partial charge on any atom is 0.338 e. The Balaban J connectivity index is 2.46. The van der Waals surface area contributed by atoms with Gasteiger partial charge in [0.2, 0.25) is 0 Å². The molecule has 0 saturated heterocycles. The first-order chi connectivity index (χ1) is 9.17. The van der Waals surface area contributed by atoms with Gasteiger partial charge in [-0.2, -0.15) is 0 Å². The first-order valence-electron chi connectivity index (χ1n) is 5.93. The van der Waals surface area contributed by atoms with Gasteiger partial charge in [-0.3, -0.25) is 0 Å². The Morgan fingerprint density at radius 2 is 1.95 bits per heavy atom. The van der Waals surface area contributed by atoms with Gasteiger partial charge in [0.1, 0.15) is 0 Å². The van der Waals surface area contributed by atoms with E-state index in [1.54, 1.807) is 37.3 Å². The average Bonchev–Trinajstić information content (AvgIpc) is 2.44. The Hall–Kier alpha value is -2.30. The Labute approximate surface area is 112 Å². The minimum Gasteiger partial charge on any atom is -0.466 e. The number of rotatable bonds is 6. The van der Waals surface area contributed by atoms with Crippen LogP contribution in [0.3, 0.4) is 0 Å². The maximum atomic E-state index is 11.4. The first-order valence-corrected chi connectivity index (χ1v) is 5.93. The lowest BCUT2D eigenvalue weighted by molar-refractivity contribution is -0.134. The molecule has 0 aliphatic rings. The van der Waals surface area contributed by atoms with E-state index in [0.717, 1.165) is 5.69 Å². The Kier molecular flexibility index (Phi) is 6.15. The molecular weight excluding hydrogens is 246 g/mol. The predicted octanol–water partition coefficient (Wildman–Crippen LogP) is 2.00. The van der Waals surface area contributed by atoms with E-state index < -0.39 is 0 Å². The molecule has 1 N–H and O–H groups in total. The van der Waals surface area contributed by atoms with Crippen molar-refractivity contribution >= 4 is 17.6 Å². The van der Waals surface area contributed by atoms with Crippen molar-refractivity contribution in [2.45, 2.75) is 6.92 Å². The lowest BCUT2D eigenvalue weighted by Gasteiger charge is -2.05. The van der Waals surface area contributed by atoms with Gasteiger partial charge in [0.25, 0.3) is 0 Å². The topological polar surface area (TPSA) is 64.6 Å². The number of hydrogen-bond donors (Lipinski definition) is 1. The van der Waals surface area contributed by atoms with Crippen molar-refractivity contribution in [1.82, 2.24) is 0 Å². The molecule has 1 rings (SSSR count). The van der Waals surface area contributed by atoms with Crippen molar-refractivity contribution < 1.29 is 19.1 Å². The zero-order valence-corrected chi connectivity index (χ0v) is 11.0. The SMILES string of the molecule is CCOC(=O)c1ccc(NC/C=C/C(=O)OC)cc1. The summed E-state index contributed by atoms with van der Waals surface area (Å²) in [5.41, 5.74) is 1.36. The third-order valence-electron chi connectivity index (χ3n) is 2.28. The molecule has 0 radical (unpaired) electrons. The number of esters is 2. The predicted molar refractivity (Wildman–Crippen MR) is 72.0 cm³/mol. The molecule has 0 aliphatic heterocycles. The van der Waals surface area contributed by atoms with Crippen molar-refractivity contribution in [2.24, 2.45) is 0 Å². The Morgan fingerprint density at radius 3 is 2.53 bits per heavy atom. The van der Waals surface area contributed by atoms with Gasteiger partial charge in [-0.05, 0) is 31.2 Å². The molecule has 19 heavy (non-hydrogen) atoms. The Bertz CT molecular complexity index is 451. The normalized spacial score (nSPS) is 10.2. The number of nitrogens with one attached hydrogen (secondary N) is 1. The molecule has 0 amide bonds. The van der Waals surface area contributed by atoms with Crippen LogP contribution in [0.25, 0.3) is 0 Å². The van der Waals surface area contributed by atoms with E-state index in [-0.39, 0.29) is 11.9 Å². The monoisotopic (exact) mass is 263 g/mol. The van der Waals surface area contributed by atoms with E-state index in [9.17, 15) is 9.59 Å². The summed E-state index contributed by atoms with van der Waals surface area (Å²) < 4.78 is 9.35. The number of carbonyl (C=O) groups is 2. The fourth-order valence-electron chi connectivity index (χ4n) is 1.34. The highest BCUT2D eigenvalue weighted by Crippen LogP contribution is 2.10. The molecule has 102 valence electrons. The Morgan fingerprint density at radius 1 is 1.26 bits per heavy atom. The van der Waals surface area contributed by atoms with Crippen LogP contribution in [0, 0.1) is 0 Å². The van der Waals surface area contributed by atoms with Gasteiger partial charge in [-0.1, -0.05) is 6.08 Å². The molecule has 0 atom stereocenters. The number of hydrogen-bond acceptors (Lipinski definition) is 5. The maximum absolute atomic E-state index is 11.4. The number of anilines is 1. The largest absolute Gasteiger partial charge is 0.466 e. The molecule has 1 aromatic carbocycles. The van der Waals surface area contributed by atoms with Gasteiger partial charge in [0, 0.05) is 18.3 Å². The van der Waals surface area contributed by atoms with Crippen LogP contribution in [-0.2, 0) is 14.3 Å². The molecule has 0 saturated carbocycles. The van der Waals surface area contributed by atoms with Gasteiger partial charge in [-0.25, -0.2) is 9.59 Å². The van der Waals surface area contributed by atoms with Crippen molar-refractivity contribution in [2.75, 3.05) is 25.6 Å². The number of methoxy groups -OCH3 is 1. The second-order valence-electron chi connectivity index (χ2n) is 3.60. The highest BCUT2D eigenvalue weighted by molar-refractivity contribution is 5.89. The van der Waals surface area contributed by atoms with E-state index in [1.807, 2.05) is 0 Å². The van der Waals surface area contributed by atoms with Crippen LogP contribution in [0.5, 0.6) is 0 Å². The van der Waals surface area contributed by atoms with Gasteiger partial charge in [0.15, 0.2) is 0 Å². The molecule has 0 aromatic heterocycles. The highest BCUT2D eigenvalue weighted by atomic mass is 16.5. The van der Waals surface area contributed by atoms with Crippen molar-refractivity contribution in [1.29, 1.82) is 0 Å². The molecule has 5 heteroatoms. The molecular formula is C14H17NO4. The lowest BCUT2D eigenvalue weighted by atomic mass is 10.2. The zero-order valence-electron chi connectivity index (χ0n) is 11.0. The van der Waals surface area contributed by atoms with E-state index in [1.165, 1.54) is 13.2 Å². The van der Waals surface area contributed by atoms with Crippen molar-refractivity contribution in [3.8, 4) is 0 Å². The van der Waals surface area contributed by atoms with Crippen LogP contribution in [0.1, 0.15) is 17.3 Å². The molecule has 0 fully saturated rings. The highest BCUT2D eigenvalue weighted by Gasteiger charge is 2.04. The van der Waals surface area contributed by atoms with E-state index in [0.29, 0.717) is 18.7 Å². The van der Waals surface area contributed by atoms with Gasteiger partial charge in [-0.15, -0.1) is 0 Å². The third-order valence-corrected chi connectivity index (χ3v) is 2.28. The van der Waals surface area contributed by atoms with Crippen LogP contribution in [0.4, 0.5) is 5.69 Å². The summed E-state index contributed by atoms with van der Waals surface area (Å²) in [6.07, 6.45) is 3.01. The van der Waals surface area contributed by atoms with Gasteiger partial charge in [0.05, 0.1) is 19.3 Å². The zero-order chi connectivity index (χ0) is 14.1. The first kappa shape index (κ1) is 14.8. The fourth-order valence-corrected chi connectivity index (χ4v) is 1.34. The van der Waals surface area contributed by atoms with E-state index >= 15 is 0 Å². The van der Waals surface area contributed by atoms with Crippen LogP contribution < -0.4 is 5.32 Å². The van der Waals surface area contributed by atoms with Gasteiger partial charge >= 0.3 is 11.9 Å². The third kappa shape index (κ3) is 5.25. The molecule has 5 nitrogen and oxygen atoms in total. The summed E-state index contributed by atoms with van der Waals surface area (Å²) in [6, 6.07) is 6.92. The van der Waals surface area contributed by atoms with Crippen molar-refractivity contribution in [3.05, 3.63) is 42.0 Å². The van der Waals surface area contributed by atoms with Crippen LogP contribution in [-0.4, -0.2) is 32.2 Å². The minimum atomic E-state index is -0.389. The van der Waals surface area contributed by atoms with Crippen LogP contribution in [0.2, 0.25) is 0 Å². The quantitative estimate of drug-likeness (QED) is 0.628. The summed E-state index contributed by atoms with van der Waals surface area (Å²) >= 11 is 0. The van der Waals surface area contributed by atoms with Crippen LogP contribution in [0.15, 0.2) is 36.4 Å². The summed E-state index contributed by atoms with van der Waals surface area (Å²) in [4.78, 5) is 22.2. The molecule has 0 unspecified atom stereocenters. The summed E-state index contributed by atoms with van der Waals surface area (Å²) in [5, 5.41) is 3.08. The molecule has 0 bridgehead atoms. The number of ether oxygens (including phenoxy) is 2. The standard InChI is InChI=1S/C14H17NO4/c1-3-19-14(17)11-6-8-12(9-7-11)15-10-4-5-13(16)18-2/h4-9,15H,3,10H2,1-2H3/b5-4+. The van der Waals surface area contributed by atoms with E-state index in [4.69, 9.17) is 4.74 Å². The lowest BCUT2D eigenvalue weighted by Crippen LogP contribution is -2.05. The summed E-state index contributed by atoms with van der Waals surface area (Å²) in [5.74, 6) is -0.723. The smallest absolute Gasteiger partial charge is 0.338 e. The van der Waals surface area contributed by atoms with Crippen molar-refractivity contribution in [3.63, 3.8) is 0 Å².